The number of hydrogen-bond donors (Lipinski definition) is 0. The summed E-state index contributed by atoms with van der Waals surface area (Å²) in [6.45, 7) is 44.2. The summed E-state index contributed by atoms with van der Waals surface area (Å²) in [5.74, 6) is -3.48. The van der Waals surface area contributed by atoms with E-state index in [1.54, 1.807) is 100 Å². The van der Waals surface area contributed by atoms with Gasteiger partial charge in [0.15, 0.2) is 76.9 Å². The molecule has 0 fully saturated rings. The standard InChI is InChI=1S/2C7H12O5.C7H12O4.C6H12O4.C6H12O3S.2C6H12O3.2C5H10O3.C5H12O2.C5H12OS.C4H10O2.C4H10OS/c1-3-10-5-12-7(9)4-11-6(2)8;1-3-10-4-7(9)12-5-11-6(2)8;1-3-7(9)4-10-5-11-6(2)8;1-3-8-4-9-5-10-6(2)7;1-3-8-4-10-5-9-6(2)7;1-4-9-5(2)6(7)8-3;1-4-8-6(3)9-5(2)7;1-4(7-2)5(6)8-3;1-4(6)8-5(2)7-3;1-4-7-5(2)6-3;1-4-6-5(2)7-3;2*1-4(5-2)6-3/h2*3-5H2,1-2H3;3-5H2,1-2H3;2*3-5H2,1-2H3;5H,4H2,1-3H3;6H,4H2,1-3H3;4H,1-3H3;5H,1-3H3;2*5H,4H2,1-3H3;2*4H,1-3H3. The van der Waals surface area contributed by atoms with Crippen molar-refractivity contribution in [1.82, 2.24) is 0 Å². The quantitative estimate of drug-likeness (QED) is 0.0237. The van der Waals surface area contributed by atoms with Crippen LogP contribution in [0.4, 0.5) is 0 Å². The zero-order valence-corrected chi connectivity index (χ0v) is 77.6. The number of carbonyl (C=O) groups is 12. The molecule has 115 heavy (non-hydrogen) atoms. The van der Waals surface area contributed by atoms with Crippen molar-refractivity contribution < 1.29 is 185 Å². The Bertz CT molecular complexity index is 2100. The van der Waals surface area contributed by atoms with E-state index in [0.29, 0.717) is 68.8 Å². The van der Waals surface area contributed by atoms with Gasteiger partial charge in [-0.25, -0.2) is 19.2 Å². The Labute approximate surface area is 697 Å². The van der Waals surface area contributed by atoms with E-state index in [9.17, 15) is 57.5 Å². The van der Waals surface area contributed by atoms with Gasteiger partial charge in [0.05, 0.1) is 31.0 Å². The average Bonchev–Trinajstić information content (AvgIpc) is 1.01. The summed E-state index contributed by atoms with van der Waals surface area (Å²) < 4.78 is 126. The first-order valence-corrected chi connectivity index (χ1v) is 39.5. The van der Waals surface area contributed by atoms with Crippen LogP contribution in [0.2, 0.25) is 0 Å². The highest BCUT2D eigenvalue weighted by molar-refractivity contribution is 7.99. The predicted octanol–water partition coefficient (Wildman–Crippen LogP) is 9.39. The molecule has 0 aromatic rings. The van der Waals surface area contributed by atoms with E-state index in [4.69, 9.17) is 56.8 Å². The van der Waals surface area contributed by atoms with Gasteiger partial charge in [0.2, 0.25) is 6.79 Å². The fraction of sp³-hybridized carbons (Fsp3) is 0.836. The molecule has 42 heteroatoms. The van der Waals surface area contributed by atoms with E-state index >= 15 is 0 Å². The van der Waals surface area contributed by atoms with Gasteiger partial charge in [-0.2, -0.15) is 0 Å². The minimum Gasteiger partial charge on any atom is -0.467 e. The molecule has 7 unspecified atom stereocenters. The molecule has 692 valence electrons. The Morgan fingerprint density at radius 2 is 0.661 bits per heavy atom. The zero-order valence-electron chi connectivity index (χ0n) is 75.2. The summed E-state index contributed by atoms with van der Waals surface area (Å²) in [7, 11) is 12.2. The normalized spacial score (nSPS) is 11.2. The molecule has 0 saturated carbocycles. The number of hydrogen-bond acceptors (Lipinski definition) is 42. The van der Waals surface area contributed by atoms with Crippen LogP contribution in [0.25, 0.3) is 0 Å². The van der Waals surface area contributed by atoms with Crippen molar-refractivity contribution in [2.75, 3.05) is 188 Å². The molecular weight excluding hydrogens is 1600 g/mol. The van der Waals surface area contributed by atoms with Crippen LogP contribution in [0.1, 0.15) is 173 Å². The number of Topliss-reactive ketones (excluding diaryl/α,β-unsaturated/α-hetero) is 1. The summed E-state index contributed by atoms with van der Waals surface area (Å²) in [6, 6.07) is 0. The van der Waals surface area contributed by atoms with Gasteiger partial charge in [-0.3, -0.25) is 38.4 Å². The van der Waals surface area contributed by atoms with Crippen molar-refractivity contribution in [1.29, 1.82) is 0 Å². The summed E-state index contributed by atoms with van der Waals surface area (Å²) in [4.78, 5) is 124. The lowest BCUT2D eigenvalue weighted by Crippen LogP contribution is -2.21. The number of carbonyl (C=O) groups excluding carboxylic acids is 12. The van der Waals surface area contributed by atoms with Crippen molar-refractivity contribution in [3.8, 4) is 0 Å². The van der Waals surface area contributed by atoms with Gasteiger partial charge in [-0.05, 0) is 123 Å². The van der Waals surface area contributed by atoms with Gasteiger partial charge < -0.3 is 128 Å². The molecule has 0 aromatic heterocycles. The van der Waals surface area contributed by atoms with Crippen molar-refractivity contribution in [2.45, 2.75) is 221 Å². The van der Waals surface area contributed by atoms with Crippen molar-refractivity contribution in [2.24, 2.45) is 0 Å². The van der Waals surface area contributed by atoms with Crippen LogP contribution < -0.4 is 0 Å². The lowest BCUT2D eigenvalue weighted by molar-refractivity contribution is -0.171. The van der Waals surface area contributed by atoms with Gasteiger partial charge >= 0.3 is 65.7 Å². The molecule has 0 amide bonds. The zero-order chi connectivity index (χ0) is 92.2. The van der Waals surface area contributed by atoms with Crippen LogP contribution in [0.3, 0.4) is 0 Å². The van der Waals surface area contributed by atoms with Crippen molar-refractivity contribution in [3.63, 3.8) is 0 Å². The summed E-state index contributed by atoms with van der Waals surface area (Å²) in [5, 5.41) is 0. The Morgan fingerprint density at radius 1 is 0.287 bits per heavy atom. The maximum absolute atomic E-state index is 10.6. The highest BCUT2D eigenvalue weighted by Gasteiger charge is 2.12. The van der Waals surface area contributed by atoms with Crippen LogP contribution >= 0.6 is 35.3 Å². The molecule has 0 N–H and O–H groups in total. The number of methoxy groups -OCH3 is 8. The number of ketones is 1. The molecule has 0 saturated heterocycles. The molecule has 0 radical (unpaired) electrons. The molecule has 0 rings (SSSR count). The average molecular weight is 1750 g/mol. The monoisotopic (exact) mass is 1740 g/mol. The van der Waals surface area contributed by atoms with Crippen molar-refractivity contribution >= 4 is 107 Å². The van der Waals surface area contributed by atoms with Crippen molar-refractivity contribution in [3.05, 3.63) is 0 Å². The van der Waals surface area contributed by atoms with Gasteiger partial charge in [0.25, 0.3) is 0 Å². The smallest absolute Gasteiger partial charge is 0.346 e. The Kier molecular flexibility index (Phi) is 140. The first-order valence-electron chi connectivity index (χ1n) is 35.8. The number of thioether (sulfide) groups is 3. The first-order chi connectivity index (χ1) is 54.0. The highest BCUT2D eigenvalue weighted by atomic mass is 32.2. The molecule has 0 aromatic carbocycles. The van der Waals surface area contributed by atoms with E-state index in [2.05, 4.69) is 71.1 Å². The molecule has 0 aliphatic heterocycles. The SMILES string of the molecule is CCC(=O)COCOC(C)=O.CCOC(C)C(=O)OC.CCOC(C)OC.CCOC(C)OC(C)=O.CCOC(C)SC.CCOCC(=O)OCOC(C)=O.CCOCOC(=O)COC(C)=O.CCOCOCOC(C)=O.CCOCSCOC(C)=O.COC(=O)C(C)OC.COC(C)OC.COC(C)OC(C)=O.COC(C)SC. The summed E-state index contributed by atoms with van der Waals surface area (Å²) in [6.07, 6.45) is 2.68. The van der Waals surface area contributed by atoms with E-state index in [1.807, 2.05) is 81.7 Å². The number of rotatable bonds is 45. The van der Waals surface area contributed by atoms with Crippen LogP contribution in [0, 0.1) is 0 Å². The van der Waals surface area contributed by atoms with E-state index in [-0.39, 0.29) is 108 Å². The highest BCUT2D eigenvalue weighted by Crippen LogP contribution is 2.05. The second kappa shape index (κ2) is 117. The molecule has 7 atom stereocenters. The molecule has 0 heterocycles. The predicted molar refractivity (Wildman–Crippen MR) is 430 cm³/mol. The van der Waals surface area contributed by atoms with Crippen LogP contribution in [0.15, 0.2) is 0 Å². The van der Waals surface area contributed by atoms with Crippen LogP contribution in [-0.2, 0) is 185 Å². The molecular formula is C73H148O39S3. The minimum absolute atomic E-state index is 0.00264. The van der Waals surface area contributed by atoms with Crippen LogP contribution in [0.5, 0.6) is 0 Å². The van der Waals surface area contributed by atoms with E-state index in [0.717, 1.165) is 13.2 Å². The third-order valence-corrected chi connectivity index (χ3v) is 12.5. The number of ether oxygens (including phenoxy) is 27. The molecule has 0 spiro atoms. The fourth-order valence-corrected chi connectivity index (χ4v) is 5.18. The maximum Gasteiger partial charge on any atom is 0.346 e. The lowest BCUT2D eigenvalue weighted by Gasteiger charge is -2.09. The van der Waals surface area contributed by atoms with Crippen LogP contribution in [-0.4, -0.2) is 308 Å². The van der Waals surface area contributed by atoms with Gasteiger partial charge in [-0.15, -0.1) is 23.5 Å². The largest absolute Gasteiger partial charge is 0.467 e. The Balaban J connectivity index is -0.0000000896. The first kappa shape index (κ1) is 138. The third-order valence-electron chi connectivity index (χ3n) is 10.3. The van der Waals surface area contributed by atoms with Gasteiger partial charge in [0.1, 0.15) is 19.2 Å². The molecule has 0 aliphatic carbocycles. The van der Waals surface area contributed by atoms with E-state index < -0.39 is 54.6 Å². The Hall–Kier alpha value is -5.75. The lowest BCUT2D eigenvalue weighted by atomic mass is 10.3. The Morgan fingerprint density at radius 3 is 0.974 bits per heavy atom. The fourth-order valence-electron chi connectivity index (χ4n) is 4.11. The minimum atomic E-state index is -0.612. The van der Waals surface area contributed by atoms with Gasteiger partial charge in [0, 0.05) is 150 Å². The number of esters is 11. The molecule has 0 bridgehead atoms. The summed E-state index contributed by atoms with van der Waals surface area (Å²) in [5.41, 5.74) is 0.718. The van der Waals surface area contributed by atoms with E-state index in [1.165, 1.54) is 88.7 Å². The van der Waals surface area contributed by atoms with Gasteiger partial charge in [-0.1, -0.05) is 18.7 Å². The maximum atomic E-state index is 10.6. The molecule has 39 nitrogen and oxygen atoms in total. The second-order valence-electron chi connectivity index (χ2n) is 19.6. The molecule has 0 aliphatic rings. The summed E-state index contributed by atoms with van der Waals surface area (Å²) >= 11 is 4.87. The third kappa shape index (κ3) is 168. The second-order valence-corrected chi connectivity index (χ2v) is 22.8. The topological polar surface area (TPSA) is 454 Å².